The van der Waals surface area contributed by atoms with E-state index in [0.29, 0.717) is 6.54 Å². The first-order valence-electron chi connectivity index (χ1n) is 8.67. The molecule has 0 spiro atoms. The van der Waals surface area contributed by atoms with Gasteiger partial charge in [0.15, 0.2) is 0 Å². The SMILES string of the molecule is Cc1ccc2c(c1)C[C@H](C(=O)NCCc1csc(-c3cccnc3)n1)N2. The van der Waals surface area contributed by atoms with Gasteiger partial charge in [-0.1, -0.05) is 17.7 Å². The van der Waals surface area contributed by atoms with E-state index in [0.717, 1.165) is 34.8 Å². The highest BCUT2D eigenvalue weighted by Crippen LogP contribution is 2.26. The van der Waals surface area contributed by atoms with Crippen molar-refractivity contribution in [2.75, 3.05) is 11.9 Å². The summed E-state index contributed by atoms with van der Waals surface area (Å²) in [4.78, 5) is 21.2. The molecule has 1 aliphatic heterocycles. The van der Waals surface area contributed by atoms with E-state index >= 15 is 0 Å². The van der Waals surface area contributed by atoms with E-state index in [9.17, 15) is 4.79 Å². The van der Waals surface area contributed by atoms with Crippen molar-refractivity contribution >= 4 is 22.9 Å². The van der Waals surface area contributed by atoms with Crippen LogP contribution in [0.15, 0.2) is 48.1 Å². The number of nitrogens with one attached hydrogen (secondary N) is 2. The third-order valence-electron chi connectivity index (χ3n) is 4.47. The lowest BCUT2D eigenvalue weighted by atomic mass is 10.1. The van der Waals surface area contributed by atoms with Gasteiger partial charge in [0.05, 0.1) is 5.69 Å². The molecule has 0 bridgehead atoms. The van der Waals surface area contributed by atoms with Crippen LogP contribution in [0.1, 0.15) is 16.8 Å². The van der Waals surface area contributed by atoms with Gasteiger partial charge in [0.1, 0.15) is 11.0 Å². The van der Waals surface area contributed by atoms with Crippen LogP contribution in [-0.2, 0) is 17.6 Å². The highest BCUT2D eigenvalue weighted by Gasteiger charge is 2.26. The largest absolute Gasteiger partial charge is 0.373 e. The second-order valence-electron chi connectivity index (χ2n) is 6.49. The second kappa shape index (κ2) is 7.25. The Morgan fingerprint density at radius 3 is 3.15 bits per heavy atom. The fourth-order valence-corrected chi connectivity index (χ4v) is 3.97. The molecule has 1 atom stereocenters. The molecule has 3 aromatic rings. The van der Waals surface area contributed by atoms with Crippen LogP contribution >= 0.6 is 11.3 Å². The van der Waals surface area contributed by atoms with Crippen molar-refractivity contribution < 1.29 is 4.79 Å². The summed E-state index contributed by atoms with van der Waals surface area (Å²) in [7, 11) is 0. The lowest BCUT2D eigenvalue weighted by Crippen LogP contribution is -2.39. The average Bonchev–Trinajstić information content (AvgIpc) is 3.29. The van der Waals surface area contributed by atoms with Gasteiger partial charge in [0.2, 0.25) is 5.91 Å². The van der Waals surface area contributed by atoms with Crippen LogP contribution in [0, 0.1) is 6.92 Å². The highest BCUT2D eigenvalue weighted by molar-refractivity contribution is 7.13. The number of aromatic nitrogens is 2. The predicted octanol–water partition coefficient (Wildman–Crippen LogP) is 3.21. The summed E-state index contributed by atoms with van der Waals surface area (Å²) in [5.74, 6) is 0.0431. The van der Waals surface area contributed by atoms with Crippen molar-refractivity contribution in [3.63, 3.8) is 0 Å². The van der Waals surface area contributed by atoms with Gasteiger partial charge in [-0.2, -0.15) is 0 Å². The Morgan fingerprint density at radius 2 is 2.31 bits per heavy atom. The van der Waals surface area contributed by atoms with Crippen LogP contribution in [0.3, 0.4) is 0 Å². The Kier molecular flexibility index (Phi) is 4.67. The molecule has 2 aromatic heterocycles. The first-order valence-corrected chi connectivity index (χ1v) is 9.55. The van der Waals surface area contributed by atoms with Crippen LogP contribution in [0.4, 0.5) is 5.69 Å². The Balaban J connectivity index is 1.29. The first-order chi connectivity index (χ1) is 12.7. The molecule has 2 N–H and O–H groups in total. The summed E-state index contributed by atoms with van der Waals surface area (Å²) < 4.78 is 0. The van der Waals surface area contributed by atoms with Gasteiger partial charge in [-0.15, -0.1) is 11.3 Å². The van der Waals surface area contributed by atoms with E-state index in [1.807, 2.05) is 29.8 Å². The van der Waals surface area contributed by atoms with Crippen LogP contribution in [0.5, 0.6) is 0 Å². The molecule has 1 aromatic carbocycles. The lowest BCUT2D eigenvalue weighted by molar-refractivity contribution is -0.121. The maximum absolute atomic E-state index is 12.4. The first kappa shape index (κ1) is 16.7. The normalized spacial score (nSPS) is 15.3. The zero-order chi connectivity index (χ0) is 17.9. The number of pyridine rings is 1. The van der Waals surface area contributed by atoms with Crippen molar-refractivity contribution in [1.29, 1.82) is 0 Å². The van der Waals surface area contributed by atoms with Gasteiger partial charge in [-0.25, -0.2) is 4.98 Å². The van der Waals surface area contributed by atoms with E-state index in [1.165, 1.54) is 11.1 Å². The Bertz CT molecular complexity index is 923. The van der Waals surface area contributed by atoms with Gasteiger partial charge in [0, 0.05) is 48.4 Å². The molecule has 0 saturated heterocycles. The molecule has 1 amide bonds. The minimum Gasteiger partial charge on any atom is -0.373 e. The van der Waals surface area contributed by atoms with Crippen molar-refractivity contribution in [2.24, 2.45) is 0 Å². The number of hydrogen-bond donors (Lipinski definition) is 2. The van der Waals surface area contributed by atoms with Gasteiger partial charge >= 0.3 is 0 Å². The number of aryl methyl sites for hydroxylation is 1. The number of thiazole rings is 1. The molecule has 26 heavy (non-hydrogen) atoms. The quantitative estimate of drug-likeness (QED) is 0.730. The minimum atomic E-state index is -0.187. The van der Waals surface area contributed by atoms with E-state index < -0.39 is 0 Å². The smallest absolute Gasteiger partial charge is 0.242 e. The van der Waals surface area contributed by atoms with E-state index in [4.69, 9.17) is 0 Å². The molecule has 0 aliphatic carbocycles. The number of fused-ring (bicyclic) bond motifs is 1. The standard InChI is InChI=1S/C20H20N4OS/c1-13-4-5-17-15(9-13)10-18(24-17)19(25)22-8-6-16-12-26-20(23-16)14-3-2-7-21-11-14/h2-5,7,9,11-12,18,24H,6,8,10H2,1H3,(H,22,25)/t18-/m1/s1. The second-order valence-corrected chi connectivity index (χ2v) is 7.35. The van der Waals surface area contributed by atoms with Crippen LogP contribution in [0.25, 0.3) is 10.6 Å². The number of hydrogen-bond acceptors (Lipinski definition) is 5. The molecule has 1 aliphatic rings. The van der Waals surface area contributed by atoms with Crippen molar-refractivity contribution in [1.82, 2.24) is 15.3 Å². The fraction of sp³-hybridized carbons (Fsp3) is 0.250. The summed E-state index contributed by atoms with van der Waals surface area (Å²) in [5.41, 5.74) is 5.52. The maximum Gasteiger partial charge on any atom is 0.242 e. The highest BCUT2D eigenvalue weighted by atomic mass is 32.1. The third kappa shape index (κ3) is 3.60. The summed E-state index contributed by atoms with van der Waals surface area (Å²) >= 11 is 1.60. The Hall–Kier alpha value is -2.73. The fourth-order valence-electron chi connectivity index (χ4n) is 3.13. The molecule has 6 heteroatoms. The number of nitrogens with zero attached hydrogens (tertiary/aromatic N) is 2. The molecule has 0 radical (unpaired) electrons. The van der Waals surface area contributed by atoms with E-state index in [-0.39, 0.29) is 11.9 Å². The summed E-state index contributed by atoms with van der Waals surface area (Å²) in [6.45, 7) is 2.66. The maximum atomic E-state index is 12.4. The van der Waals surface area contributed by atoms with E-state index in [2.05, 4.69) is 39.7 Å². The van der Waals surface area contributed by atoms with Crippen LogP contribution in [-0.4, -0.2) is 28.5 Å². The summed E-state index contributed by atoms with van der Waals surface area (Å²) in [5, 5.41) is 9.33. The zero-order valence-corrected chi connectivity index (χ0v) is 15.3. The van der Waals surface area contributed by atoms with Crippen LogP contribution < -0.4 is 10.6 Å². The molecule has 3 heterocycles. The zero-order valence-electron chi connectivity index (χ0n) is 14.5. The Labute approximate surface area is 156 Å². The summed E-state index contributed by atoms with van der Waals surface area (Å²) in [6, 6.07) is 9.98. The molecule has 0 unspecified atom stereocenters. The van der Waals surface area contributed by atoms with Crippen molar-refractivity contribution in [3.8, 4) is 10.6 Å². The predicted molar refractivity (Wildman–Crippen MR) is 104 cm³/mol. The van der Waals surface area contributed by atoms with Crippen molar-refractivity contribution in [3.05, 3.63) is 64.9 Å². The lowest BCUT2D eigenvalue weighted by Gasteiger charge is -2.11. The number of rotatable bonds is 5. The van der Waals surface area contributed by atoms with Gasteiger partial charge in [-0.05, 0) is 30.7 Å². The number of amides is 1. The number of benzene rings is 1. The van der Waals surface area contributed by atoms with Crippen molar-refractivity contribution in [2.45, 2.75) is 25.8 Å². The Morgan fingerprint density at radius 1 is 1.38 bits per heavy atom. The number of carbonyl (C=O) groups excluding carboxylic acids is 1. The monoisotopic (exact) mass is 364 g/mol. The molecular formula is C20H20N4OS. The molecule has 4 rings (SSSR count). The minimum absolute atomic E-state index is 0.0431. The number of anilines is 1. The van der Waals surface area contributed by atoms with Gasteiger partial charge in [0.25, 0.3) is 0 Å². The molecule has 0 saturated carbocycles. The molecule has 0 fully saturated rings. The average molecular weight is 364 g/mol. The summed E-state index contributed by atoms with van der Waals surface area (Å²) in [6.07, 6.45) is 5.03. The van der Waals surface area contributed by atoms with Gasteiger partial charge < -0.3 is 10.6 Å². The molecule has 5 nitrogen and oxygen atoms in total. The molecular weight excluding hydrogens is 344 g/mol. The number of carbonyl (C=O) groups is 1. The molecule has 132 valence electrons. The van der Waals surface area contributed by atoms with Gasteiger partial charge in [-0.3, -0.25) is 9.78 Å². The topological polar surface area (TPSA) is 66.9 Å². The van der Waals surface area contributed by atoms with E-state index in [1.54, 1.807) is 17.5 Å². The van der Waals surface area contributed by atoms with Crippen LogP contribution in [0.2, 0.25) is 0 Å². The third-order valence-corrected chi connectivity index (χ3v) is 5.41.